The second-order valence-electron chi connectivity index (χ2n) is 6.71. The fraction of sp³-hybridized carbons (Fsp3) is 0.263. The number of benzene rings is 2. The van der Waals surface area contributed by atoms with Gasteiger partial charge in [0.25, 0.3) is 0 Å². The number of rotatable bonds is 4. The summed E-state index contributed by atoms with van der Waals surface area (Å²) in [6.07, 6.45) is 0.156. The molecule has 1 aliphatic heterocycles. The molecule has 0 aliphatic carbocycles. The maximum atomic E-state index is 12.8. The number of anilines is 1. The topological polar surface area (TPSA) is 81.6 Å². The lowest BCUT2D eigenvalue weighted by Crippen LogP contribution is -2.33. The second-order valence-corrected chi connectivity index (χ2v) is 8.66. The van der Waals surface area contributed by atoms with Crippen molar-refractivity contribution in [1.82, 2.24) is 9.97 Å². The van der Waals surface area contributed by atoms with Crippen LogP contribution in [0.2, 0.25) is 5.02 Å². The van der Waals surface area contributed by atoms with E-state index in [1.165, 1.54) is 7.11 Å². The Kier molecular flexibility index (Phi) is 5.34. The van der Waals surface area contributed by atoms with Crippen LogP contribution in [-0.2, 0) is 23.1 Å². The highest BCUT2D eigenvalue weighted by Gasteiger charge is 2.49. The van der Waals surface area contributed by atoms with E-state index in [-0.39, 0.29) is 24.5 Å². The van der Waals surface area contributed by atoms with E-state index >= 15 is 0 Å². The van der Waals surface area contributed by atoms with Crippen molar-refractivity contribution in [2.45, 2.75) is 18.5 Å². The van der Waals surface area contributed by atoms with Crippen LogP contribution >= 0.6 is 11.6 Å². The largest absolute Gasteiger partial charge is 0.534 e. The molecule has 0 N–H and O–H groups in total. The molecule has 7 nitrogen and oxygen atoms in total. The number of ether oxygens (including phenoxy) is 1. The first-order chi connectivity index (χ1) is 14.6. The molecule has 0 saturated carbocycles. The van der Waals surface area contributed by atoms with Crippen LogP contribution in [0.5, 0.6) is 11.9 Å². The summed E-state index contributed by atoms with van der Waals surface area (Å²) in [4.78, 5) is 9.84. The van der Waals surface area contributed by atoms with Gasteiger partial charge in [0.05, 0.1) is 24.4 Å². The SMILES string of the molecule is COc1nc2c(c(OS(=O)(=O)C(F)(F)F)n1)CCN(c1cccc3cccc(Cl)c13)C2. The van der Waals surface area contributed by atoms with Crippen molar-refractivity contribution in [3.63, 3.8) is 0 Å². The monoisotopic (exact) mass is 473 g/mol. The first kappa shape index (κ1) is 21.4. The Labute approximate surface area is 180 Å². The Hall–Kier alpha value is -2.79. The molecule has 12 heteroatoms. The van der Waals surface area contributed by atoms with Gasteiger partial charge in [0, 0.05) is 23.2 Å². The van der Waals surface area contributed by atoms with Gasteiger partial charge in [-0.3, -0.25) is 0 Å². The molecule has 0 atom stereocenters. The number of alkyl halides is 3. The summed E-state index contributed by atoms with van der Waals surface area (Å²) in [6.45, 7) is 0.524. The normalized spacial score (nSPS) is 14.4. The molecule has 164 valence electrons. The maximum Gasteiger partial charge on any atom is 0.534 e. The van der Waals surface area contributed by atoms with Crippen molar-refractivity contribution >= 4 is 38.2 Å². The van der Waals surface area contributed by atoms with Crippen LogP contribution in [0.3, 0.4) is 0 Å². The lowest BCUT2D eigenvalue weighted by atomic mass is 10.0. The van der Waals surface area contributed by atoms with Crippen LogP contribution in [0.4, 0.5) is 18.9 Å². The molecule has 0 unspecified atom stereocenters. The Balaban J connectivity index is 1.76. The fourth-order valence-corrected chi connectivity index (χ4v) is 4.15. The van der Waals surface area contributed by atoms with Crippen molar-refractivity contribution in [1.29, 1.82) is 0 Å². The Morgan fingerprint density at radius 1 is 1.13 bits per heavy atom. The number of fused-ring (bicyclic) bond motifs is 2. The molecule has 0 bridgehead atoms. The minimum absolute atomic E-state index is 0.156. The minimum Gasteiger partial charge on any atom is -0.467 e. The van der Waals surface area contributed by atoms with E-state index < -0.39 is 21.5 Å². The summed E-state index contributed by atoms with van der Waals surface area (Å²) >= 11 is 6.40. The summed E-state index contributed by atoms with van der Waals surface area (Å²) in [6, 6.07) is 10.9. The number of aromatic nitrogens is 2. The van der Waals surface area contributed by atoms with Crippen molar-refractivity contribution in [2.75, 3.05) is 18.6 Å². The van der Waals surface area contributed by atoms with Gasteiger partial charge in [0.15, 0.2) is 0 Å². The van der Waals surface area contributed by atoms with Gasteiger partial charge in [-0.1, -0.05) is 35.9 Å². The zero-order valence-corrected chi connectivity index (χ0v) is 17.6. The summed E-state index contributed by atoms with van der Waals surface area (Å²) in [5.74, 6) is -0.685. The van der Waals surface area contributed by atoms with Gasteiger partial charge in [0.1, 0.15) is 0 Å². The molecule has 3 aromatic rings. The van der Waals surface area contributed by atoms with E-state index in [2.05, 4.69) is 14.2 Å². The van der Waals surface area contributed by atoms with E-state index in [9.17, 15) is 21.6 Å². The molecule has 0 radical (unpaired) electrons. The number of hydrogen-bond donors (Lipinski definition) is 0. The number of methoxy groups -OCH3 is 1. The molecular formula is C19H15ClF3N3O4S. The third kappa shape index (κ3) is 3.94. The Morgan fingerprint density at radius 3 is 2.52 bits per heavy atom. The van der Waals surface area contributed by atoms with Crippen molar-refractivity contribution < 1.29 is 30.5 Å². The molecule has 4 rings (SSSR count). The molecule has 0 spiro atoms. The number of nitrogens with zero attached hydrogens (tertiary/aromatic N) is 3. The predicted octanol–water partition coefficient (Wildman–Crippen LogP) is 4.08. The molecular weight excluding hydrogens is 459 g/mol. The first-order valence-corrected chi connectivity index (χ1v) is 10.8. The molecule has 1 aliphatic rings. The molecule has 1 aromatic heterocycles. The van der Waals surface area contributed by atoms with Crippen LogP contribution in [0, 0.1) is 0 Å². The smallest absolute Gasteiger partial charge is 0.467 e. The van der Waals surface area contributed by atoms with Gasteiger partial charge >= 0.3 is 21.6 Å². The average molecular weight is 474 g/mol. The van der Waals surface area contributed by atoms with E-state index in [0.717, 1.165) is 16.5 Å². The van der Waals surface area contributed by atoms with Crippen LogP contribution in [-0.4, -0.2) is 37.5 Å². The van der Waals surface area contributed by atoms with Gasteiger partial charge in [-0.2, -0.15) is 31.6 Å². The quantitative estimate of drug-likeness (QED) is 0.417. The van der Waals surface area contributed by atoms with E-state index in [4.69, 9.17) is 16.3 Å². The number of hydrogen-bond acceptors (Lipinski definition) is 7. The summed E-state index contributed by atoms with van der Waals surface area (Å²) in [5.41, 5.74) is -4.29. The average Bonchev–Trinajstić information content (AvgIpc) is 2.72. The highest BCUT2D eigenvalue weighted by molar-refractivity contribution is 7.87. The standard InChI is InChI=1S/C19H15ClF3N3O4S/c1-29-18-24-14-10-26(15-7-3-5-11-4-2-6-13(20)16(11)15)9-8-12(14)17(25-18)30-31(27,28)19(21,22)23/h2-7H,8-10H2,1H3. The first-order valence-electron chi connectivity index (χ1n) is 8.97. The zero-order valence-electron chi connectivity index (χ0n) is 16.0. The third-order valence-electron chi connectivity index (χ3n) is 4.83. The van der Waals surface area contributed by atoms with E-state index in [0.29, 0.717) is 17.3 Å². The fourth-order valence-electron chi connectivity index (χ4n) is 3.43. The zero-order chi connectivity index (χ0) is 22.4. The van der Waals surface area contributed by atoms with Gasteiger partial charge in [-0.05, 0) is 23.9 Å². The van der Waals surface area contributed by atoms with Crippen LogP contribution in [0.25, 0.3) is 10.8 Å². The molecule has 0 fully saturated rings. The lowest BCUT2D eigenvalue weighted by molar-refractivity contribution is -0.0501. The predicted molar refractivity (Wildman–Crippen MR) is 108 cm³/mol. The van der Waals surface area contributed by atoms with Crippen molar-refractivity contribution in [2.24, 2.45) is 0 Å². The van der Waals surface area contributed by atoms with Gasteiger partial charge in [-0.15, -0.1) is 0 Å². The summed E-state index contributed by atoms with van der Waals surface area (Å²) in [5, 5.41) is 2.31. The van der Waals surface area contributed by atoms with Crippen molar-refractivity contribution in [3.05, 3.63) is 52.7 Å². The molecule has 31 heavy (non-hydrogen) atoms. The van der Waals surface area contributed by atoms with E-state index in [1.54, 1.807) is 6.07 Å². The third-order valence-corrected chi connectivity index (χ3v) is 6.09. The lowest BCUT2D eigenvalue weighted by Gasteiger charge is -2.31. The highest BCUT2D eigenvalue weighted by Crippen LogP contribution is 2.37. The molecule has 2 heterocycles. The molecule has 0 saturated heterocycles. The Bertz CT molecular complexity index is 1260. The summed E-state index contributed by atoms with van der Waals surface area (Å²) in [7, 11) is -4.67. The van der Waals surface area contributed by atoms with Crippen LogP contribution < -0.4 is 13.8 Å². The van der Waals surface area contributed by atoms with Gasteiger partial charge < -0.3 is 13.8 Å². The number of halogens is 4. The minimum atomic E-state index is -5.89. The highest BCUT2D eigenvalue weighted by atomic mass is 35.5. The van der Waals surface area contributed by atoms with Crippen LogP contribution in [0.1, 0.15) is 11.3 Å². The Morgan fingerprint density at radius 2 is 1.84 bits per heavy atom. The van der Waals surface area contributed by atoms with Gasteiger partial charge in [0.2, 0.25) is 5.88 Å². The second kappa shape index (κ2) is 7.72. The molecule has 2 aromatic carbocycles. The molecule has 0 amide bonds. The van der Waals surface area contributed by atoms with E-state index in [1.807, 2.05) is 35.2 Å². The maximum absolute atomic E-state index is 12.8. The van der Waals surface area contributed by atoms with Gasteiger partial charge in [-0.25, -0.2) is 0 Å². The summed E-state index contributed by atoms with van der Waals surface area (Å²) < 4.78 is 70.6. The van der Waals surface area contributed by atoms with Crippen LogP contribution in [0.15, 0.2) is 36.4 Å². The van der Waals surface area contributed by atoms with Crippen molar-refractivity contribution in [3.8, 4) is 11.9 Å².